The van der Waals surface area contributed by atoms with Gasteiger partial charge in [-0.05, 0) is 72.4 Å². The van der Waals surface area contributed by atoms with Gasteiger partial charge in [-0.2, -0.15) is 0 Å². The minimum Gasteiger partial charge on any atom is -0.384 e. The summed E-state index contributed by atoms with van der Waals surface area (Å²) >= 11 is 0. The molecule has 0 radical (unpaired) electrons. The van der Waals surface area contributed by atoms with Gasteiger partial charge in [-0.25, -0.2) is 8.78 Å². The third-order valence-electron chi connectivity index (χ3n) is 5.49. The van der Waals surface area contributed by atoms with E-state index in [0.29, 0.717) is 12.0 Å². The topological polar surface area (TPSA) is 20.2 Å². The van der Waals surface area contributed by atoms with E-state index in [9.17, 15) is 8.78 Å². The summed E-state index contributed by atoms with van der Waals surface area (Å²) in [5.41, 5.74) is 4.61. The molecule has 1 nitrogen and oxygen atoms in total. The van der Waals surface area contributed by atoms with Crippen molar-refractivity contribution in [3.63, 3.8) is 0 Å². The molecule has 168 valence electrons. The zero-order valence-electron chi connectivity index (χ0n) is 19.1. The fraction of sp³-hybridized carbons (Fsp3) is 0.267. The fourth-order valence-electron chi connectivity index (χ4n) is 3.70. The Labute approximate surface area is 195 Å². The lowest BCUT2D eigenvalue weighted by Crippen LogP contribution is -1.95. The normalized spacial score (nSPS) is 10.2. The molecule has 0 unspecified atom stereocenters. The van der Waals surface area contributed by atoms with Crippen LogP contribution in [0, 0.1) is 35.3 Å². The molecule has 3 aromatic carbocycles. The van der Waals surface area contributed by atoms with Gasteiger partial charge in [0.2, 0.25) is 0 Å². The van der Waals surface area contributed by atoms with Crippen LogP contribution >= 0.6 is 0 Å². The molecule has 0 atom stereocenters. The van der Waals surface area contributed by atoms with Crippen molar-refractivity contribution in [1.29, 1.82) is 0 Å². The summed E-state index contributed by atoms with van der Waals surface area (Å²) in [6, 6.07) is 16.0. The van der Waals surface area contributed by atoms with Crippen LogP contribution in [0.1, 0.15) is 60.9 Å². The first kappa shape index (κ1) is 24.2. The molecule has 0 amide bonds. The maximum Gasteiger partial charge on any atom is 0.135 e. The highest BCUT2D eigenvalue weighted by molar-refractivity contribution is 5.68. The first-order valence-corrected chi connectivity index (χ1v) is 11.4. The first-order valence-electron chi connectivity index (χ1n) is 11.4. The van der Waals surface area contributed by atoms with Gasteiger partial charge in [0.15, 0.2) is 0 Å². The van der Waals surface area contributed by atoms with Gasteiger partial charge >= 0.3 is 0 Å². The maximum atomic E-state index is 14.7. The van der Waals surface area contributed by atoms with E-state index in [0.717, 1.165) is 23.1 Å². The Kier molecular flexibility index (Phi) is 8.82. The zero-order chi connectivity index (χ0) is 23.6. The third-order valence-corrected chi connectivity index (χ3v) is 5.49. The van der Waals surface area contributed by atoms with Crippen molar-refractivity contribution in [1.82, 2.24) is 0 Å². The largest absolute Gasteiger partial charge is 0.384 e. The smallest absolute Gasteiger partial charge is 0.135 e. The minimum absolute atomic E-state index is 0.0857. The van der Waals surface area contributed by atoms with Crippen LogP contribution in [-0.2, 0) is 12.8 Å². The predicted octanol–water partition coefficient (Wildman–Crippen LogP) is 6.67. The first-order chi connectivity index (χ1) is 16.0. The molecule has 1 N–H and O–H groups in total. The molecule has 3 rings (SSSR count). The van der Waals surface area contributed by atoms with Crippen LogP contribution in [0.2, 0.25) is 0 Å². The summed E-state index contributed by atoms with van der Waals surface area (Å²) in [7, 11) is 0. The van der Waals surface area contributed by atoms with Gasteiger partial charge in [0, 0.05) is 16.7 Å². The number of aryl methyl sites for hydroxylation is 2. The van der Waals surface area contributed by atoms with E-state index in [1.807, 2.05) is 25.1 Å². The van der Waals surface area contributed by atoms with Crippen molar-refractivity contribution in [2.75, 3.05) is 6.61 Å². The summed E-state index contributed by atoms with van der Waals surface area (Å²) in [6.45, 7) is 3.83. The minimum atomic E-state index is -0.683. The Morgan fingerprint density at radius 3 is 2.15 bits per heavy atom. The monoisotopic (exact) mass is 442 g/mol. The van der Waals surface area contributed by atoms with Gasteiger partial charge in [-0.3, -0.25) is 0 Å². The van der Waals surface area contributed by atoms with Gasteiger partial charge in [0.05, 0.1) is 5.56 Å². The molecule has 0 saturated heterocycles. The van der Waals surface area contributed by atoms with E-state index >= 15 is 0 Å². The lowest BCUT2D eigenvalue weighted by molar-refractivity contribution is 0.350. The van der Waals surface area contributed by atoms with Gasteiger partial charge in [0.25, 0.3) is 0 Å². The number of benzene rings is 3. The quantitative estimate of drug-likeness (QED) is 0.334. The lowest BCUT2D eigenvalue weighted by atomic mass is 9.96. The number of hydrogen-bond donors (Lipinski definition) is 1. The molecule has 0 saturated carbocycles. The van der Waals surface area contributed by atoms with Gasteiger partial charge < -0.3 is 5.11 Å². The molecule has 3 aromatic rings. The number of aliphatic hydroxyl groups excluding tert-OH is 1. The second kappa shape index (κ2) is 12.0. The van der Waals surface area contributed by atoms with Gasteiger partial charge in [-0.15, -0.1) is 0 Å². The highest BCUT2D eigenvalue weighted by atomic mass is 19.1. The second-order valence-corrected chi connectivity index (χ2v) is 7.90. The van der Waals surface area contributed by atoms with E-state index in [1.54, 1.807) is 12.1 Å². The summed E-state index contributed by atoms with van der Waals surface area (Å²) < 4.78 is 29.3. The van der Waals surface area contributed by atoms with Crippen LogP contribution in [0.4, 0.5) is 8.78 Å². The Morgan fingerprint density at radius 2 is 1.52 bits per heavy atom. The molecule has 33 heavy (non-hydrogen) atoms. The van der Waals surface area contributed by atoms with Crippen LogP contribution in [0.25, 0.3) is 11.1 Å². The average Bonchev–Trinajstić information content (AvgIpc) is 2.82. The third kappa shape index (κ3) is 6.55. The van der Waals surface area contributed by atoms with Crippen LogP contribution in [-0.4, -0.2) is 11.7 Å². The van der Waals surface area contributed by atoms with Crippen LogP contribution in [0.5, 0.6) is 0 Å². The molecular weight excluding hydrogens is 414 g/mol. The maximum absolute atomic E-state index is 14.7. The Balaban J connectivity index is 1.84. The number of rotatable bonds is 6. The van der Waals surface area contributed by atoms with Crippen molar-refractivity contribution in [3.05, 3.63) is 94.0 Å². The van der Waals surface area contributed by atoms with E-state index in [4.69, 9.17) is 5.11 Å². The van der Waals surface area contributed by atoms with Crippen LogP contribution < -0.4 is 0 Å². The summed E-state index contributed by atoms with van der Waals surface area (Å²) in [6.07, 6.45) is 5.44. The summed E-state index contributed by atoms with van der Waals surface area (Å²) in [4.78, 5) is 0. The van der Waals surface area contributed by atoms with Crippen molar-refractivity contribution >= 4 is 0 Å². The molecule has 0 heterocycles. The summed E-state index contributed by atoms with van der Waals surface area (Å²) in [5.74, 6) is 9.99. The highest BCUT2D eigenvalue weighted by Gasteiger charge is 2.14. The van der Waals surface area contributed by atoms with E-state index in [2.05, 4.69) is 42.7 Å². The molecule has 0 aliphatic carbocycles. The number of aliphatic hydroxyl groups is 1. The molecular formula is C30H28F2O. The Bertz CT molecular complexity index is 1200. The number of hydrogen-bond acceptors (Lipinski definition) is 1. The lowest BCUT2D eigenvalue weighted by Gasteiger charge is -2.09. The highest BCUT2D eigenvalue weighted by Crippen LogP contribution is 2.29. The molecule has 0 aliphatic rings. The van der Waals surface area contributed by atoms with Crippen molar-refractivity contribution in [2.24, 2.45) is 0 Å². The van der Waals surface area contributed by atoms with Gasteiger partial charge in [0.1, 0.15) is 18.2 Å². The SMILES string of the molecule is CCCCCc1ccc(C#Cc2ccc(-c3c(F)cc(C#CCO)cc3F)cc2CC)cc1. The van der Waals surface area contributed by atoms with E-state index in [-0.39, 0.29) is 17.7 Å². The molecule has 0 aliphatic heterocycles. The van der Waals surface area contributed by atoms with E-state index in [1.165, 1.54) is 37.0 Å². The fourth-order valence-corrected chi connectivity index (χ4v) is 3.70. The van der Waals surface area contributed by atoms with Crippen molar-refractivity contribution < 1.29 is 13.9 Å². The molecule has 0 aromatic heterocycles. The standard InChI is InChI=1S/C30H28F2O/c1-3-5-6-8-22-10-12-23(13-11-22)14-15-26-16-17-27(21-25(26)4-2)30-28(31)19-24(9-7-18-33)20-29(30)32/h10-13,16-17,19-21,33H,3-6,8,18H2,1-2H3. The van der Waals surface area contributed by atoms with Crippen molar-refractivity contribution in [3.8, 4) is 34.8 Å². The molecule has 3 heteroatoms. The number of unbranched alkanes of at least 4 members (excludes halogenated alkanes) is 2. The predicted molar refractivity (Wildman–Crippen MR) is 131 cm³/mol. The Morgan fingerprint density at radius 1 is 0.788 bits per heavy atom. The van der Waals surface area contributed by atoms with Crippen molar-refractivity contribution in [2.45, 2.75) is 46.0 Å². The summed E-state index contributed by atoms with van der Waals surface area (Å²) in [5, 5.41) is 8.78. The number of halogens is 2. The van der Waals surface area contributed by atoms with E-state index < -0.39 is 11.6 Å². The van der Waals surface area contributed by atoms with Gasteiger partial charge in [-0.1, -0.05) is 68.6 Å². The molecule has 0 bridgehead atoms. The molecule has 0 spiro atoms. The Hall–Kier alpha value is -3.40. The van der Waals surface area contributed by atoms with Crippen LogP contribution in [0.15, 0.2) is 54.6 Å². The zero-order valence-corrected chi connectivity index (χ0v) is 19.1. The van der Waals surface area contributed by atoms with Crippen LogP contribution in [0.3, 0.4) is 0 Å². The average molecular weight is 443 g/mol. The molecule has 0 fully saturated rings. The second-order valence-electron chi connectivity index (χ2n) is 7.90.